The molecule has 0 radical (unpaired) electrons. The van der Waals surface area contributed by atoms with Gasteiger partial charge in [-0.1, -0.05) is 19.3 Å². The molecule has 7 heteroatoms. The van der Waals surface area contributed by atoms with Crippen LogP contribution in [0.3, 0.4) is 0 Å². The molecule has 2 N–H and O–H groups in total. The van der Waals surface area contributed by atoms with Crippen LogP contribution in [0.15, 0.2) is 0 Å². The minimum absolute atomic E-state index is 0.0146. The predicted molar refractivity (Wildman–Crippen MR) is 89.6 cm³/mol. The molecule has 0 unspecified atom stereocenters. The van der Waals surface area contributed by atoms with E-state index in [1.807, 2.05) is 4.90 Å². The normalized spacial score (nSPS) is 25.3. The summed E-state index contributed by atoms with van der Waals surface area (Å²) in [5.41, 5.74) is -1.22. The first-order valence-electron chi connectivity index (χ1n) is 9.34. The average Bonchev–Trinajstić information content (AvgIpc) is 2.61. The highest BCUT2D eigenvalue weighted by atomic mass is 19.1. The summed E-state index contributed by atoms with van der Waals surface area (Å²) < 4.78 is 14.6. The second-order valence-electron chi connectivity index (χ2n) is 7.37. The molecule has 3 fully saturated rings. The molecule has 0 spiro atoms. The molecule has 4 amide bonds. The zero-order valence-electron chi connectivity index (χ0n) is 14.4. The summed E-state index contributed by atoms with van der Waals surface area (Å²) in [6.45, 7) is 2.92. The van der Waals surface area contributed by atoms with E-state index in [9.17, 15) is 14.0 Å². The van der Waals surface area contributed by atoms with Crippen molar-refractivity contribution in [2.45, 2.75) is 63.1 Å². The van der Waals surface area contributed by atoms with Crippen molar-refractivity contribution in [1.29, 1.82) is 0 Å². The molecule has 2 heterocycles. The molecular formula is C17H29FN4O2. The predicted octanol–water partition coefficient (Wildman–Crippen LogP) is 2.25. The van der Waals surface area contributed by atoms with Gasteiger partial charge in [0.05, 0.1) is 6.54 Å². The molecule has 24 heavy (non-hydrogen) atoms. The highest BCUT2D eigenvalue weighted by Crippen LogP contribution is 2.31. The van der Waals surface area contributed by atoms with Crippen LogP contribution in [-0.4, -0.2) is 66.3 Å². The first-order chi connectivity index (χ1) is 11.6. The van der Waals surface area contributed by atoms with Crippen LogP contribution in [0.4, 0.5) is 14.0 Å². The topological polar surface area (TPSA) is 64.7 Å². The Labute approximate surface area is 143 Å². The van der Waals surface area contributed by atoms with Gasteiger partial charge in [-0.15, -0.1) is 0 Å². The maximum absolute atomic E-state index is 14.6. The molecule has 2 saturated heterocycles. The number of likely N-dealkylation sites (tertiary alicyclic amines) is 1. The number of nitrogens with zero attached hydrogens (tertiary/aromatic N) is 2. The number of piperidine rings is 1. The van der Waals surface area contributed by atoms with Crippen LogP contribution < -0.4 is 10.6 Å². The fourth-order valence-corrected chi connectivity index (χ4v) is 4.08. The molecule has 0 aromatic rings. The molecule has 2 aliphatic heterocycles. The summed E-state index contributed by atoms with van der Waals surface area (Å²) in [7, 11) is 0. The standard InChI is InChI=1S/C17H29FN4O2/c18-17(7-2-1-3-8-17)13-20-15(23)21-11-5-14(6-12-21)22-10-4-9-19-16(22)24/h14H,1-13H2,(H,19,24)(H,20,23). The summed E-state index contributed by atoms with van der Waals surface area (Å²) in [5.74, 6) is 0. The zero-order valence-corrected chi connectivity index (χ0v) is 14.4. The van der Waals surface area contributed by atoms with Crippen molar-refractivity contribution in [2.24, 2.45) is 0 Å². The monoisotopic (exact) mass is 340 g/mol. The second-order valence-corrected chi connectivity index (χ2v) is 7.37. The van der Waals surface area contributed by atoms with Gasteiger partial charge in [-0.25, -0.2) is 14.0 Å². The Morgan fingerprint density at radius 2 is 1.88 bits per heavy atom. The van der Waals surface area contributed by atoms with Crippen LogP contribution in [0.2, 0.25) is 0 Å². The van der Waals surface area contributed by atoms with Crippen LogP contribution in [0.1, 0.15) is 51.4 Å². The average molecular weight is 340 g/mol. The van der Waals surface area contributed by atoms with Crippen LogP contribution in [0, 0.1) is 0 Å². The number of carbonyl (C=O) groups is 2. The number of hydrogen-bond acceptors (Lipinski definition) is 2. The molecule has 136 valence electrons. The van der Waals surface area contributed by atoms with E-state index in [0.29, 0.717) is 25.9 Å². The van der Waals surface area contributed by atoms with E-state index in [-0.39, 0.29) is 24.6 Å². The van der Waals surface area contributed by atoms with E-state index >= 15 is 0 Å². The lowest BCUT2D eigenvalue weighted by Gasteiger charge is -2.40. The number of carbonyl (C=O) groups excluding carboxylic acids is 2. The summed E-state index contributed by atoms with van der Waals surface area (Å²) in [6.07, 6.45) is 6.59. The number of hydrogen-bond donors (Lipinski definition) is 2. The smallest absolute Gasteiger partial charge is 0.317 e. The number of rotatable bonds is 3. The Morgan fingerprint density at radius 3 is 2.54 bits per heavy atom. The Morgan fingerprint density at radius 1 is 1.17 bits per heavy atom. The number of urea groups is 2. The first kappa shape index (κ1) is 17.3. The summed E-state index contributed by atoms with van der Waals surface area (Å²) in [5, 5.41) is 5.66. The van der Waals surface area contributed by atoms with Gasteiger partial charge in [-0.05, 0) is 32.1 Å². The molecule has 1 aliphatic carbocycles. The summed E-state index contributed by atoms with van der Waals surface area (Å²) in [4.78, 5) is 27.8. The lowest BCUT2D eigenvalue weighted by molar-refractivity contribution is 0.0969. The Balaban J connectivity index is 1.42. The van der Waals surface area contributed by atoms with Crippen molar-refractivity contribution < 1.29 is 14.0 Å². The third-order valence-electron chi connectivity index (χ3n) is 5.61. The molecule has 3 rings (SSSR count). The van der Waals surface area contributed by atoms with Crippen molar-refractivity contribution in [2.75, 3.05) is 32.7 Å². The number of halogens is 1. The van der Waals surface area contributed by atoms with E-state index < -0.39 is 5.67 Å². The fourth-order valence-electron chi connectivity index (χ4n) is 4.08. The minimum atomic E-state index is -1.22. The summed E-state index contributed by atoms with van der Waals surface area (Å²) >= 11 is 0. The highest BCUT2D eigenvalue weighted by Gasteiger charge is 2.34. The van der Waals surface area contributed by atoms with Gasteiger partial charge in [-0.3, -0.25) is 0 Å². The van der Waals surface area contributed by atoms with E-state index in [0.717, 1.165) is 51.6 Å². The molecule has 6 nitrogen and oxygen atoms in total. The van der Waals surface area contributed by atoms with Gasteiger partial charge in [0.15, 0.2) is 0 Å². The molecule has 1 saturated carbocycles. The van der Waals surface area contributed by atoms with E-state index in [4.69, 9.17) is 0 Å². The van der Waals surface area contributed by atoms with Gasteiger partial charge in [0.25, 0.3) is 0 Å². The van der Waals surface area contributed by atoms with Gasteiger partial charge in [0, 0.05) is 32.2 Å². The maximum Gasteiger partial charge on any atom is 0.317 e. The van der Waals surface area contributed by atoms with Crippen LogP contribution in [0.25, 0.3) is 0 Å². The molecule has 0 aromatic heterocycles. The number of amides is 4. The fraction of sp³-hybridized carbons (Fsp3) is 0.882. The first-order valence-corrected chi connectivity index (χ1v) is 9.34. The Kier molecular flexibility index (Phi) is 5.46. The maximum atomic E-state index is 14.6. The molecule has 0 bridgehead atoms. The van der Waals surface area contributed by atoms with Gasteiger partial charge >= 0.3 is 12.1 Å². The van der Waals surface area contributed by atoms with E-state index in [1.54, 1.807) is 4.90 Å². The largest absolute Gasteiger partial charge is 0.338 e. The lowest BCUT2D eigenvalue weighted by Crippen LogP contribution is -2.56. The van der Waals surface area contributed by atoms with Gasteiger partial charge in [-0.2, -0.15) is 0 Å². The van der Waals surface area contributed by atoms with E-state index in [2.05, 4.69) is 10.6 Å². The van der Waals surface area contributed by atoms with Crippen LogP contribution >= 0.6 is 0 Å². The lowest BCUT2D eigenvalue weighted by atomic mass is 9.86. The zero-order chi connectivity index (χ0) is 17.0. The Hall–Kier alpha value is -1.53. The minimum Gasteiger partial charge on any atom is -0.338 e. The molecule has 3 aliphatic rings. The molecule has 0 aromatic carbocycles. The second kappa shape index (κ2) is 7.57. The van der Waals surface area contributed by atoms with Crippen molar-refractivity contribution >= 4 is 12.1 Å². The third-order valence-corrected chi connectivity index (χ3v) is 5.61. The quantitative estimate of drug-likeness (QED) is 0.828. The van der Waals surface area contributed by atoms with Gasteiger partial charge in [0.1, 0.15) is 5.67 Å². The highest BCUT2D eigenvalue weighted by molar-refractivity contribution is 5.76. The van der Waals surface area contributed by atoms with Crippen LogP contribution in [0.5, 0.6) is 0 Å². The SMILES string of the molecule is O=C(NCC1(F)CCCCC1)N1CCC(N2CCCNC2=O)CC1. The summed E-state index contributed by atoms with van der Waals surface area (Å²) in [6, 6.07) is 0.0557. The van der Waals surface area contributed by atoms with Gasteiger partial charge in [0.2, 0.25) is 0 Å². The molecular weight excluding hydrogens is 311 g/mol. The van der Waals surface area contributed by atoms with Crippen molar-refractivity contribution in [3.05, 3.63) is 0 Å². The van der Waals surface area contributed by atoms with Crippen molar-refractivity contribution in [1.82, 2.24) is 20.4 Å². The van der Waals surface area contributed by atoms with Crippen molar-refractivity contribution in [3.8, 4) is 0 Å². The third kappa shape index (κ3) is 4.11. The van der Waals surface area contributed by atoms with E-state index in [1.165, 1.54) is 0 Å². The van der Waals surface area contributed by atoms with Crippen LogP contribution in [-0.2, 0) is 0 Å². The Bertz CT molecular complexity index is 460. The number of alkyl halides is 1. The van der Waals surface area contributed by atoms with Gasteiger partial charge < -0.3 is 20.4 Å². The van der Waals surface area contributed by atoms with Crippen molar-refractivity contribution in [3.63, 3.8) is 0 Å². The molecule has 0 atom stereocenters. The number of nitrogens with one attached hydrogen (secondary N) is 2.